The normalized spacial score (nSPS) is 21.3. The summed E-state index contributed by atoms with van der Waals surface area (Å²) in [5.74, 6) is 1.99. The van der Waals surface area contributed by atoms with Gasteiger partial charge in [-0.15, -0.1) is 0 Å². The Kier molecular flexibility index (Phi) is 7.04. The molecule has 2 aromatic rings. The number of nitrogens with zero attached hydrogens (tertiary/aromatic N) is 3. The van der Waals surface area contributed by atoms with Gasteiger partial charge in [0.05, 0.1) is 17.8 Å². The van der Waals surface area contributed by atoms with Gasteiger partial charge in [0.1, 0.15) is 5.82 Å². The molecule has 0 bridgehead atoms. The molecule has 1 saturated carbocycles. The Hall–Kier alpha value is -2.14. The van der Waals surface area contributed by atoms with Crippen molar-refractivity contribution in [1.82, 2.24) is 14.5 Å². The van der Waals surface area contributed by atoms with Gasteiger partial charge in [0.2, 0.25) is 5.91 Å². The average molecular weight is 437 g/mol. The Bertz CT molecular complexity index is 943. The molecule has 1 amide bonds. The molecule has 3 atom stereocenters. The van der Waals surface area contributed by atoms with E-state index < -0.39 is 6.04 Å². The Labute approximate surface area is 193 Å². The van der Waals surface area contributed by atoms with E-state index in [9.17, 15) is 4.79 Å². The Morgan fingerprint density at radius 3 is 2.66 bits per heavy atom. The molecular weight excluding hydrogens is 396 g/mol. The minimum absolute atomic E-state index is 0.0216. The summed E-state index contributed by atoms with van der Waals surface area (Å²) in [7, 11) is 0. The fourth-order valence-electron chi connectivity index (χ4n) is 5.47. The fraction of sp³-hybridized carbons (Fsp3) is 0.630. The van der Waals surface area contributed by atoms with E-state index in [1.807, 2.05) is 0 Å². The number of benzene rings is 1. The first-order chi connectivity index (χ1) is 15.4. The van der Waals surface area contributed by atoms with Gasteiger partial charge >= 0.3 is 0 Å². The summed E-state index contributed by atoms with van der Waals surface area (Å²) in [5, 5.41) is 0. The van der Waals surface area contributed by atoms with Crippen molar-refractivity contribution in [2.45, 2.75) is 91.3 Å². The first kappa shape index (κ1) is 23.0. The third-order valence-corrected chi connectivity index (χ3v) is 8.05. The lowest BCUT2D eigenvalue weighted by atomic mass is 9.83. The van der Waals surface area contributed by atoms with Gasteiger partial charge < -0.3 is 15.2 Å². The molecule has 1 aliphatic heterocycles. The number of imidazole rings is 1. The van der Waals surface area contributed by atoms with Crippen LogP contribution in [-0.2, 0) is 11.3 Å². The maximum Gasteiger partial charge on any atom is 0.240 e. The number of hydrogen-bond donors (Lipinski definition) is 1. The lowest BCUT2D eigenvalue weighted by molar-refractivity contribution is -0.138. The third-order valence-electron chi connectivity index (χ3n) is 8.05. The number of carbonyl (C=O) groups is 1. The SMILES string of the molecule is CC[C@H](C)[C@H](N)C(=O)N1CCn2cc(-c3cccc(C)c3C)nc2[C@@H]1CC1CCCCC1. The van der Waals surface area contributed by atoms with Crippen LogP contribution in [0.25, 0.3) is 11.3 Å². The van der Waals surface area contributed by atoms with E-state index in [0.29, 0.717) is 5.92 Å². The van der Waals surface area contributed by atoms with Crippen LogP contribution in [0.1, 0.15) is 81.8 Å². The quantitative estimate of drug-likeness (QED) is 0.660. The molecule has 1 aliphatic carbocycles. The molecule has 1 aromatic heterocycles. The lowest BCUT2D eigenvalue weighted by Crippen LogP contribution is -2.51. The van der Waals surface area contributed by atoms with Crippen molar-refractivity contribution >= 4 is 5.91 Å². The smallest absolute Gasteiger partial charge is 0.240 e. The van der Waals surface area contributed by atoms with Crippen LogP contribution in [0, 0.1) is 25.7 Å². The van der Waals surface area contributed by atoms with E-state index in [1.54, 1.807) is 0 Å². The second kappa shape index (κ2) is 9.78. The molecule has 1 aromatic carbocycles. The molecule has 1 fully saturated rings. The van der Waals surface area contributed by atoms with E-state index in [2.05, 4.69) is 61.6 Å². The molecule has 4 rings (SSSR count). The zero-order valence-corrected chi connectivity index (χ0v) is 20.3. The lowest BCUT2D eigenvalue weighted by Gasteiger charge is -2.40. The van der Waals surface area contributed by atoms with Gasteiger partial charge in [0.15, 0.2) is 0 Å². The minimum Gasteiger partial charge on any atom is -0.331 e. The highest BCUT2D eigenvalue weighted by Crippen LogP contribution is 2.38. The minimum atomic E-state index is -0.436. The summed E-state index contributed by atoms with van der Waals surface area (Å²) in [5.41, 5.74) is 11.2. The number of aryl methyl sites for hydroxylation is 1. The molecule has 5 nitrogen and oxygen atoms in total. The van der Waals surface area contributed by atoms with Gasteiger partial charge in [0, 0.05) is 24.8 Å². The molecular formula is C27H40N4O. The van der Waals surface area contributed by atoms with Crippen molar-refractivity contribution in [2.75, 3.05) is 6.54 Å². The van der Waals surface area contributed by atoms with E-state index in [4.69, 9.17) is 10.7 Å². The number of fused-ring (bicyclic) bond motifs is 1. The van der Waals surface area contributed by atoms with Crippen LogP contribution in [0.15, 0.2) is 24.4 Å². The molecule has 0 radical (unpaired) electrons. The molecule has 5 heteroatoms. The third kappa shape index (κ3) is 4.50. The molecule has 0 saturated heterocycles. The molecule has 2 N–H and O–H groups in total. The van der Waals surface area contributed by atoms with Gasteiger partial charge in [-0.05, 0) is 43.2 Å². The topological polar surface area (TPSA) is 64.2 Å². The highest BCUT2D eigenvalue weighted by Gasteiger charge is 2.37. The van der Waals surface area contributed by atoms with Gasteiger partial charge in [-0.2, -0.15) is 0 Å². The maximum atomic E-state index is 13.5. The number of rotatable bonds is 6. The van der Waals surface area contributed by atoms with Gasteiger partial charge in [-0.1, -0.05) is 70.6 Å². The maximum absolute atomic E-state index is 13.5. The van der Waals surface area contributed by atoms with Crippen LogP contribution in [0.4, 0.5) is 0 Å². The fourth-order valence-corrected chi connectivity index (χ4v) is 5.47. The second-order valence-corrected chi connectivity index (χ2v) is 10.1. The summed E-state index contributed by atoms with van der Waals surface area (Å²) in [6.07, 6.45) is 10.6. The number of hydrogen-bond acceptors (Lipinski definition) is 3. The first-order valence-electron chi connectivity index (χ1n) is 12.6. The Morgan fingerprint density at radius 1 is 1.19 bits per heavy atom. The predicted octanol–water partition coefficient (Wildman–Crippen LogP) is 5.39. The Morgan fingerprint density at radius 2 is 1.94 bits per heavy atom. The molecule has 2 aliphatic rings. The van der Waals surface area contributed by atoms with Crippen LogP contribution in [0.2, 0.25) is 0 Å². The molecule has 0 unspecified atom stereocenters. The van der Waals surface area contributed by atoms with E-state index in [0.717, 1.165) is 37.4 Å². The largest absolute Gasteiger partial charge is 0.331 e. The highest BCUT2D eigenvalue weighted by atomic mass is 16.2. The summed E-state index contributed by atoms with van der Waals surface area (Å²) < 4.78 is 2.29. The highest BCUT2D eigenvalue weighted by molar-refractivity contribution is 5.82. The predicted molar refractivity (Wildman–Crippen MR) is 130 cm³/mol. The molecule has 174 valence electrons. The van der Waals surface area contributed by atoms with Crippen molar-refractivity contribution in [2.24, 2.45) is 17.6 Å². The van der Waals surface area contributed by atoms with Crippen molar-refractivity contribution in [1.29, 1.82) is 0 Å². The number of carbonyl (C=O) groups excluding carboxylic acids is 1. The second-order valence-electron chi connectivity index (χ2n) is 10.1. The van der Waals surface area contributed by atoms with Crippen LogP contribution in [0.3, 0.4) is 0 Å². The summed E-state index contributed by atoms with van der Waals surface area (Å²) >= 11 is 0. The molecule has 32 heavy (non-hydrogen) atoms. The number of aromatic nitrogens is 2. The summed E-state index contributed by atoms with van der Waals surface area (Å²) in [4.78, 5) is 20.7. The van der Waals surface area contributed by atoms with Gasteiger partial charge in [-0.25, -0.2) is 4.98 Å². The van der Waals surface area contributed by atoms with Crippen LogP contribution in [0.5, 0.6) is 0 Å². The molecule has 0 spiro atoms. The zero-order chi connectivity index (χ0) is 22.8. The summed E-state index contributed by atoms with van der Waals surface area (Å²) in [6, 6.07) is 6.00. The van der Waals surface area contributed by atoms with Gasteiger partial charge in [0.25, 0.3) is 0 Å². The Balaban J connectivity index is 1.69. The van der Waals surface area contributed by atoms with Crippen molar-refractivity contribution in [3.8, 4) is 11.3 Å². The summed E-state index contributed by atoms with van der Waals surface area (Å²) in [6.45, 7) is 10.0. The zero-order valence-electron chi connectivity index (χ0n) is 20.3. The van der Waals surface area contributed by atoms with E-state index in [-0.39, 0.29) is 17.9 Å². The number of nitrogens with two attached hydrogens (primary N) is 1. The van der Waals surface area contributed by atoms with E-state index in [1.165, 1.54) is 48.8 Å². The van der Waals surface area contributed by atoms with Crippen LogP contribution in [-0.4, -0.2) is 32.9 Å². The monoisotopic (exact) mass is 436 g/mol. The standard InChI is InChI=1S/C27H40N4O/c1-5-18(2)25(28)27(32)31-15-14-30-17-23(22-13-9-10-19(3)20(22)4)29-26(30)24(31)16-21-11-7-6-8-12-21/h9-10,13,17-18,21,24-25H,5-8,11-12,14-16,28H2,1-4H3/t18-,24-,25-/m0/s1. The average Bonchev–Trinajstić information content (AvgIpc) is 3.25. The van der Waals surface area contributed by atoms with Crippen LogP contribution >= 0.6 is 0 Å². The first-order valence-corrected chi connectivity index (χ1v) is 12.6. The number of amides is 1. The van der Waals surface area contributed by atoms with E-state index >= 15 is 0 Å². The van der Waals surface area contributed by atoms with Gasteiger partial charge in [-0.3, -0.25) is 4.79 Å². The van der Waals surface area contributed by atoms with Crippen LogP contribution < -0.4 is 5.73 Å². The van der Waals surface area contributed by atoms with Crippen molar-refractivity contribution in [3.05, 3.63) is 41.3 Å². The molecule has 2 heterocycles. The van der Waals surface area contributed by atoms with Crippen molar-refractivity contribution < 1.29 is 4.79 Å². The van der Waals surface area contributed by atoms with Crippen molar-refractivity contribution in [3.63, 3.8) is 0 Å².